The van der Waals surface area contributed by atoms with E-state index < -0.39 is 6.10 Å². The summed E-state index contributed by atoms with van der Waals surface area (Å²) in [7, 11) is 0. The number of aryl methyl sites for hydroxylation is 1. The van der Waals surface area contributed by atoms with Gasteiger partial charge in [-0.1, -0.05) is 18.7 Å². The predicted molar refractivity (Wildman–Crippen MR) is 122 cm³/mol. The molecule has 30 heavy (non-hydrogen) atoms. The second-order valence-corrected chi connectivity index (χ2v) is 8.58. The van der Waals surface area contributed by atoms with Crippen LogP contribution in [0.3, 0.4) is 0 Å². The molecular formula is C23H24FIN2O3. The normalized spacial score (nSPS) is 17.4. The van der Waals surface area contributed by atoms with E-state index in [4.69, 9.17) is 4.74 Å². The second-order valence-electron chi connectivity index (χ2n) is 7.33. The lowest BCUT2D eigenvalue weighted by atomic mass is 10.0. The van der Waals surface area contributed by atoms with Crippen LogP contribution in [0, 0.1) is 16.3 Å². The first-order valence-electron chi connectivity index (χ1n) is 9.70. The molecule has 0 aliphatic carbocycles. The van der Waals surface area contributed by atoms with Gasteiger partial charge in [-0.15, -0.1) is 0 Å². The number of hydrogen-bond donors (Lipinski definition) is 0. The third kappa shape index (κ3) is 5.00. The Bertz CT molecular complexity index is 948. The van der Waals surface area contributed by atoms with Crippen molar-refractivity contribution in [3.05, 3.63) is 75.6 Å². The Hall–Kier alpha value is -2.42. The maximum Gasteiger partial charge on any atom is 0.268 e. The number of benzene rings is 2. The van der Waals surface area contributed by atoms with Crippen LogP contribution in [-0.2, 0) is 9.59 Å². The van der Waals surface area contributed by atoms with E-state index in [0.717, 1.165) is 3.57 Å². The molecule has 1 fully saturated rings. The van der Waals surface area contributed by atoms with Crippen molar-refractivity contribution in [1.82, 2.24) is 9.80 Å². The quantitative estimate of drug-likeness (QED) is 0.439. The van der Waals surface area contributed by atoms with Crippen LogP contribution < -0.4 is 4.74 Å². The van der Waals surface area contributed by atoms with E-state index in [1.165, 1.54) is 12.1 Å². The highest BCUT2D eigenvalue weighted by Crippen LogP contribution is 2.27. The standard InChI is InChI=1S/C23H24FIN2O3/c1-4-21(28)27-12-11-26(14-16(27)3)23(29)22(17-6-5-15(2)20(24)13-17)30-19-9-7-18(25)8-10-19/h4-10,13,16,22H,1,11-12,14H2,2-3H3/t16-,22-/m1/s1. The highest BCUT2D eigenvalue weighted by molar-refractivity contribution is 14.1. The number of hydrogen-bond acceptors (Lipinski definition) is 3. The topological polar surface area (TPSA) is 49.9 Å². The first-order chi connectivity index (χ1) is 14.3. The average molecular weight is 522 g/mol. The number of nitrogens with zero attached hydrogens (tertiary/aromatic N) is 2. The molecule has 1 heterocycles. The van der Waals surface area contributed by atoms with E-state index in [1.54, 1.807) is 41.0 Å². The highest BCUT2D eigenvalue weighted by Gasteiger charge is 2.34. The van der Waals surface area contributed by atoms with Gasteiger partial charge < -0.3 is 14.5 Å². The van der Waals surface area contributed by atoms with E-state index >= 15 is 0 Å². The van der Waals surface area contributed by atoms with Crippen LogP contribution in [-0.4, -0.2) is 47.3 Å². The zero-order valence-electron chi connectivity index (χ0n) is 17.0. The molecule has 0 saturated carbocycles. The Morgan fingerprint density at radius 3 is 2.53 bits per heavy atom. The van der Waals surface area contributed by atoms with Gasteiger partial charge in [0.05, 0.1) is 0 Å². The lowest BCUT2D eigenvalue weighted by Gasteiger charge is -2.40. The van der Waals surface area contributed by atoms with Crippen molar-refractivity contribution < 1.29 is 18.7 Å². The maximum absolute atomic E-state index is 14.2. The predicted octanol–water partition coefficient (Wildman–Crippen LogP) is 4.10. The third-order valence-electron chi connectivity index (χ3n) is 5.19. The molecule has 1 saturated heterocycles. The van der Waals surface area contributed by atoms with Crippen molar-refractivity contribution >= 4 is 34.4 Å². The largest absolute Gasteiger partial charge is 0.476 e. The van der Waals surface area contributed by atoms with Gasteiger partial charge in [-0.3, -0.25) is 9.59 Å². The lowest BCUT2D eigenvalue weighted by Crippen LogP contribution is -2.56. The van der Waals surface area contributed by atoms with Gasteiger partial charge >= 0.3 is 0 Å². The summed E-state index contributed by atoms with van der Waals surface area (Å²) in [6.07, 6.45) is 0.306. The molecule has 0 N–H and O–H groups in total. The van der Waals surface area contributed by atoms with Crippen molar-refractivity contribution in [2.45, 2.75) is 26.0 Å². The van der Waals surface area contributed by atoms with Crippen LogP contribution in [0.15, 0.2) is 55.1 Å². The third-order valence-corrected chi connectivity index (χ3v) is 5.91. The fourth-order valence-electron chi connectivity index (χ4n) is 3.45. The van der Waals surface area contributed by atoms with Crippen molar-refractivity contribution in [3.63, 3.8) is 0 Å². The van der Waals surface area contributed by atoms with Crippen LogP contribution in [0.25, 0.3) is 0 Å². The Balaban J connectivity index is 1.86. The van der Waals surface area contributed by atoms with Crippen LogP contribution in [0.4, 0.5) is 4.39 Å². The van der Waals surface area contributed by atoms with Crippen LogP contribution in [0.2, 0.25) is 0 Å². The number of piperazine rings is 1. The zero-order chi connectivity index (χ0) is 21.8. The molecule has 1 aliphatic rings. The number of amides is 2. The molecule has 0 bridgehead atoms. The molecule has 1 aliphatic heterocycles. The molecule has 0 radical (unpaired) electrons. The van der Waals surface area contributed by atoms with E-state index in [9.17, 15) is 14.0 Å². The molecule has 2 amide bonds. The van der Waals surface area contributed by atoms with Gasteiger partial charge in [0.1, 0.15) is 11.6 Å². The molecule has 0 aromatic heterocycles. The summed E-state index contributed by atoms with van der Waals surface area (Å²) in [4.78, 5) is 28.8. The van der Waals surface area contributed by atoms with Gasteiger partial charge in [0, 0.05) is 34.8 Å². The summed E-state index contributed by atoms with van der Waals surface area (Å²) in [5, 5.41) is 0. The van der Waals surface area contributed by atoms with Gasteiger partial charge in [0.2, 0.25) is 12.0 Å². The minimum Gasteiger partial charge on any atom is -0.476 e. The molecule has 3 rings (SSSR count). The molecule has 2 aromatic rings. The number of carbonyl (C=O) groups is 2. The van der Waals surface area contributed by atoms with E-state index in [2.05, 4.69) is 29.2 Å². The van der Waals surface area contributed by atoms with Crippen LogP contribution >= 0.6 is 22.6 Å². The Labute approximate surface area is 189 Å². The second kappa shape index (κ2) is 9.59. The van der Waals surface area contributed by atoms with Crippen molar-refractivity contribution in [1.29, 1.82) is 0 Å². The molecule has 2 atom stereocenters. The summed E-state index contributed by atoms with van der Waals surface area (Å²) in [5.74, 6) is -0.259. The number of rotatable bonds is 5. The molecule has 7 heteroatoms. The number of carbonyl (C=O) groups excluding carboxylic acids is 2. The van der Waals surface area contributed by atoms with E-state index in [1.807, 2.05) is 19.1 Å². The van der Waals surface area contributed by atoms with Crippen molar-refractivity contribution in [2.75, 3.05) is 19.6 Å². The monoisotopic (exact) mass is 522 g/mol. The van der Waals surface area contributed by atoms with Gasteiger partial charge in [0.15, 0.2) is 0 Å². The average Bonchev–Trinajstić information content (AvgIpc) is 2.74. The maximum atomic E-state index is 14.2. The Kier molecular flexibility index (Phi) is 7.12. The summed E-state index contributed by atoms with van der Waals surface area (Å²) >= 11 is 2.19. The SMILES string of the molecule is C=CC(=O)N1CCN(C(=O)[C@H](Oc2ccc(I)cc2)c2ccc(C)c(F)c2)C[C@H]1C. The number of halogens is 2. The van der Waals surface area contributed by atoms with Crippen LogP contribution in [0.5, 0.6) is 5.75 Å². The van der Waals surface area contributed by atoms with Gasteiger partial charge in [-0.25, -0.2) is 4.39 Å². The molecule has 5 nitrogen and oxygen atoms in total. The smallest absolute Gasteiger partial charge is 0.268 e. The first kappa shape index (κ1) is 22.3. The fraction of sp³-hybridized carbons (Fsp3) is 0.304. The molecular weight excluding hydrogens is 498 g/mol. The number of ether oxygens (including phenoxy) is 1. The molecule has 0 unspecified atom stereocenters. The van der Waals surface area contributed by atoms with Gasteiger partial charge in [-0.05, 0) is 78.4 Å². The van der Waals surface area contributed by atoms with Crippen molar-refractivity contribution in [3.8, 4) is 5.75 Å². The summed E-state index contributed by atoms with van der Waals surface area (Å²) < 4.78 is 21.3. The van der Waals surface area contributed by atoms with Gasteiger partial charge in [-0.2, -0.15) is 0 Å². The highest BCUT2D eigenvalue weighted by atomic mass is 127. The Morgan fingerprint density at radius 1 is 1.23 bits per heavy atom. The van der Waals surface area contributed by atoms with Crippen LogP contribution in [0.1, 0.15) is 24.2 Å². The zero-order valence-corrected chi connectivity index (χ0v) is 19.1. The molecule has 158 valence electrons. The molecule has 2 aromatic carbocycles. The summed E-state index contributed by atoms with van der Waals surface area (Å²) in [6, 6.07) is 11.9. The fourth-order valence-corrected chi connectivity index (χ4v) is 3.81. The summed E-state index contributed by atoms with van der Waals surface area (Å²) in [6.45, 7) is 8.26. The minimum atomic E-state index is -0.978. The van der Waals surface area contributed by atoms with E-state index in [-0.39, 0.29) is 23.7 Å². The van der Waals surface area contributed by atoms with Gasteiger partial charge in [0.25, 0.3) is 5.91 Å². The Morgan fingerprint density at radius 2 is 1.93 bits per heavy atom. The first-order valence-corrected chi connectivity index (χ1v) is 10.8. The van der Waals surface area contributed by atoms with Crippen molar-refractivity contribution in [2.24, 2.45) is 0 Å². The van der Waals surface area contributed by atoms with E-state index in [0.29, 0.717) is 36.5 Å². The lowest BCUT2D eigenvalue weighted by molar-refractivity contribution is -0.145. The summed E-state index contributed by atoms with van der Waals surface area (Å²) in [5.41, 5.74) is 0.961. The molecule has 0 spiro atoms. The minimum absolute atomic E-state index is 0.151.